The van der Waals surface area contributed by atoms with Gasteiger partial charge >= 0.3 is 5.97 Å². The van der Waals surface area contributed by atoms with Crippen molar-refractivity contribution in [2.75, 3.05) is 12.4 Å². The van der Waals surface area contributed by atoms with E-state index in [2.05, 4.69) is 5.32 Å². The Morgan fingerprint density at radius 3 is 2.50 bits per heavy atom. The van der Waals surface area contributed by atoms with Gasteiger partial charge in [-0.1, -0.05) is 0 Å². The minimum atomic E-state index is -1.02. The number of esters is 1. The van der Waals surface area contributed by atoms with Gasteiger partial charge in [-0.15, -0.1) is 11.3 Å². The Balaban J connectivity index is 1.66. The molecule has 0 saturated heterocycles. The molecular formula is C19H16N2O6S. The summed E-state index contributed by atoms with van der Waals surface area (Å²) in [7, 11) is 1.54. The monoisotopic (exact) mass is 400 g/mol. The number of non-ortho nitro benzene ring substituents is 1. The van der Waals surface area contributed by atoms with E-state index in [-0.39, 0.29) is 10.6 Å². The van der Waals surface area contributed by atoms with Gasteiger partial charge in [-0.2, -0.15) is 0 Å². The third kappa shape index (κ3) is 4.26. The van der Waals surface area contributed by atoms with Gasteiger partial charge in [0.25, 0.3) is 11.6 Å². The summed E-state index contributed by atoms with van der Waals surface area (Å²) in [5.41, 5.74) is 0.486. The standard InChI is InChI=1S/C19H16N2O6S/c1-11(18(22)20-13-3-6-15(26-2)7-4-13)27-19(23)17-10-12-9-14(21(24)25)5-8-16(12)28-17/h3-11H,1-2H3,(H,20,22)/t11-/m1/s1. The van der Waals surface area contributed by atoms with E-state index >= 15 is 0 Å². The molecule has 1 atom stereocenters. The second-order valence-electron chi connectivity index (χ2n) is 5.86. The first-order valence-electron chi connectivity index (χ1n) is 8.21. The van der Waals surface area contributed by atoms with E-state index in [9.17, 15) is 19.7 Å². The number of amides is 1. The number of hydrogen-bond acceptors (Lipinski definition) is 7. The molecule has 0 unspecified atom stereocenters. The van der Waals surface area contributed by atoms with Crippen LogP contribution in [0.2, 0.25) is 0 Å². The lowest BCUT2D eigenvalue weighted by Crippen LogP contribution is -2.29. The number of rotatable bonds is 6. The number of nitrogens with zero attached hydrogens (tertiary/aromatic N) is 1. The zero-order valence-electron chi connectivity index (χ0n) is 15.0. The predicted molar refractivity (Wildman–Crippen MR) is 105 cm³/mol. The van der Waals surface area contributed by atoms with Crippen LogP contribution in [0.5, 0.6) is 5.75 Å². The van der Waals surface area contributed by atoms with E-state index in [4.69, 9.17) is 9.47 Å². The van der Waals surface area contributed by atoms with Crippen molar-refractivity contribution >= 4 is 44.7 Å². The van der Waals surface area contributed by atoms with Crippen LogP contribution in [-0.4, -0.2) is 30.0 Å². The average Bonchev–Trinajstić information content (AvgIpc) is 3.12. The van der Waals surface area contributed by atoms with Crippen LogP contribution in [0.4, 0.5) is 11.4 Å². The Bertz CT molecular complexity index is 1040. The van der Waals surface area contributed by atoms with Crippen LogP contribution >= 0.6 is 11.3 Å². The fourth-order valence-corrected chi connectivity index (χ4v) is 3.36. The normalized spacial score (nSPS) is 11.6. The predicted octanol–water partition coefficient (Wildman–Crippen LogP) is 4.00. The van der Waals surface area contributed by atoms with Crippen molar-refractivity contribution in [2.45, 2.75) is 13.0 Å². The molecule has 0 fully saturated rings. The van der Waals surface area contributed by atoms with E-state index in [1.807, 2.05) is 0 Å². The van der Waals surface area contributed by atoms with Crippen molar-refractivity contribution < 1.29 is 24.0 Å². The van der Waals surface area contributed by atoms with Crippen LogP contribution in [0.25, 0.3) is 10.1 Å². The van der Waals surface area contributed by atoms with Gasteiger partial charge in [-0.25, -0.2) is 4.79 Å². The highest BCUT2D eigenvalue weighted by Crippen LogP contribution is 2.29. The Labute approximate surface area is 163 Å². The van der Waals surface area contributed by atoms with Gasteiger partial charge in [0.15, 0.2) is 6.10 Å². The third-order valence-electron chi connectivity index (χ3n) is 3.92. The minimum absolute atomic E-state index is 0.0579. The molecule has 0 bridgehead atoms. The van der Waals surface area contributed by atoms with Crippen molar-refractivity contribution in [3.63, 3.8) is 0 Å². The summed E-state index contributed by atoms with van der Waals surface area (Å²) in [4.78, 5) is 35.2. The molecule has 2 aromatic carbocycles. The number of thiophene rings is 1. The maximum absolute atomic E-state index is 12.3. The molecule has 1 heterocycles. The lowest BCUT2D eigenvalue weighted by Gasteiger charge is -2.13. The number of fused-ring (bicyclic) bond motifs is 1. The molecule has 0 aliphatic carbocycles. The second-order valence-corrected chi connectivity index (χ2v) is 6.94. The molecule has 0 aliphatic rings. The number of nitrogens with one attached hydrogen (secondary N) is 1. The number of hydrogen-bond donors (Lipinski definition) is 1. The van der Waals surface area contributed by atoms with Crippen molar-refractivity contribution in [2.24, 2.45) is 0 Å². The van der Waals surface area contributed by atoms with Crippen LogP contribution < -0.4 is 10.1 Å². The molecule has 1 N–H and O–H groups in total. The number of nitro groups is 1. The number of benzene rings is 2. The summed E-state index contributed by atoms with van der Waals surface area (Å²) >= 11 is 1.14. The largest absolute Gasteiger partial charge is 0.497 e. The van der Waals surface area contributed by atoms with Gasteiger partial charge in [0.1, 0.15) is 10.6 Å². The van der Waals surface area contributed by atoms with E-state index in [0.29, 0.717) is 21.5 Å². The molecule has 8 nitrogen and oxygen atoms in total. The van der Waals surface area contributed by atoms with Crippen LogP contribution in [-0.2, 0) is 9.53 Å². The molecule has 144 valence electrons. The maximum Gasteiger partial charge on any atom is 0.349 e. The molecule has 28 heavy (non-hydrogen) atoms. The van der Waals surface area contributed by atoms with Crippen molar-refractivity contribution in [3.8, 4) is 5.75 Å². The SMILES string of the molecule is COc1ccc(NC(=O)[C@@H](C)OC(=O)c2cc3cc([N+](=O)[O-])ccc3s2)cc1. The molecule has 0 aliphatic heterocycles. The van der Waals surface area contributed by atoms with Gasteiger partial charge in [-0.3, -0.25) is 14.9 Å². The lowest BCUT2D eigenvalue weighted by molar-refractivity contribution is -0.384. The highest BCUT2D eigenvalue weighted by atomic mass is 32.1. The van der Waals surface area contributed by atoms with E-state index < -0.39 is 22.9 Å². The molecule has 0 saturated carbocycles. The third-order valence-corrected chi connectivity index (χ3v) is 5.02. The summed E-state index contributed by atoms with van der Waals surface area (Å²) in [6.45, 7) is 1.47. The van der Waals surface area contributed by atoms with Crippen LogP contribution in [0, 0.1) is 10.1 Å². The van der Waals surface area contributed by atoms with Crippen LogP contribution in [0.3, 0.4) is 0 Å². The fourth-order valence-electron chi connectivity index (χ4n) is 2.44. The van der Waals surface area contributed by atoms with Crippen LogP contribution in [0.1, 0.15) is 16.6 Å². The summed E-state index contributed by atoms with van der Waals surface area (Å²) in [6, 6.07) is 12.6. The molecule has 0 radical (unpaired) electrons. The average molecular weight is 400 g/mol. The zero-order chi connectivity index (χ0) is 20.3. The summed E-state index contributed by atoms with van der Waals surface area (Å²) in [5.74, 6) is -0.487. The fraction of sp³-hybridized carbons (Fsp3) is 0.158. The first kappa shape index (κ1) is 19.3. The first-order valence-corrected chi connectivity index (χ1v) is 9.03. The molecule has 1 aromatic heterocycles. The molecular weight excluding hydrogens is 384 g/mol. The van der Waals surface area contributed by atoms with Crippen molar-refractivity contribution in [3.05, 3.63) is 63.5 Å². The quantitative estimate of drug-likeness (QED) is 0.381. The highest BCUT2D eigenvalue weighted by molar-refractivity contribution is 7.20. The Morgan fingerprint density at radius 2 is 1.86 bits per heavy atom. The van der Waals surface area contributed by atoms with E-state index in [1.54, 1.807) is 37.4 Å². The first-order chi connectivity index (χ1) is 13.4. The molecule has 1 amide bonds. The van der Waals surface area contributed by atoms with Gasteiger partial charge < -0.3 is 14.8 Å². The van der Waals surface area contributed by atoms with Gasteiger partial charge in [0.05, 0.1) is 12.0 Å². The summed E-state index contributed by atoms with van der Waals surface area (Å²) in [6.07, 6.45) is -1.02. The number of methoxy groups -OCH3 is 1. The number of carbonyl (C=O) groups excluding carboxylic acids is 2. The number of nitro benzene ring substituents is 1. The van der Waals surface area contributed by atoms with Gasteiger partial charge in [-0.05, 0) is 43.3 Å². The minimum Gasteiger partial charge on any atom is -0.497 e. The highest BCUT2D eigenvalue weighted by Gasteiger charge is 2.21. The van der Waals surface area contributed by atoms with Crippen molar-refractivity contribution in [1.29, 1.82) is 0 Å². The Kier molecular flexibility index (Phi) is 5.55. The maximum atomic E-state index is 12.3. The van der Waals surface area contributed by atoms with Gasteiger partial charge in [0.2, 0.25) is 0 Å². The Morgan fingerprint density at radius 1 is 1.14 bits per heavy atom. The van der Waals surface area contributed by atoms with Crippen molar-refractivity contribution in [1.82, 2.24) is 0 Å². The molecule has 3 rings (SSSR count). The summed E-state index contributed by atoms with van der Waals surface area (Å²) in [5, 5.41) is 14.1. The number of carbonyl (C=O) groups is 2. The summed E-state index contributed by atoms with van der Waals surface area (Å²) < 4.78 is 11.0. The number of ether oxygens (including phenoxy) is 2. The van der Waals surface area contributed by atoms with Gasteiger partial charge in [0, 0.05) is 27.9 Å². The molecule has 3 aromatic rings. The smallest absolute Gasteiger partial charge is 0.349 e. The van der Waals surface area contributed by atoms with E-state index in [1.165, 1.54) is 25.1 Å². The lowest BCUT2D eigenvalue weighted by atomic mass is 10.2. The second kappa shape index (κ2) is 8.05. The van der Waals surface area contributed by atoms with E-state index in [0.717, 1.165) is 11.3 Å². The molecule has 9 heteroatoms. The zero-order valence-corrected chi connectivity index (χ0v) is 15.8. The topological polar surface area (TPSA) is 108 Å². The Hall–Kier alpha value is -3.46. The number of anilines is 1. The molecule has 0 spiro atoms. The van der Waals surface area contributed by atoms with Crippen LogP contribution in [0.15, 0.2) is 48.5 Å².